The molecule has 0 aromatic carbocycles. The van der Waals surface area contributed by atoms with Crippen LogP contribution in [0, 0.1) is 28.4 Å². The Morgan fingerprint density at radius 3 is 2.87 bits per heavy atom. The molecule has 9 heteroatoms. The maximum Gasteiger partial charge on any atom is 0.381 e. The van der Waals surface area contributed by atoms with E-state index in [1.54, 1.807) is 11.8 Å². The smallest absolute Gasteiger partial charge is 0.381 e. The lowest BCUT2D eigenvalue weighted by Crippen LogP contribution is -2.38. The largest absolute Gasteiger partial charge is 0.481 e. The Kier molecular flexibility index (Phi) is 3.57. The van der Waals surface area contributed by atoms with Gasteiger partial charge in [-0.15, -0.1) is 0 Å². The third-order valence-corrected chi connectivity index (χ3v) is 5.11. The van der Waals surface area contributed by atoms with Gasteiger partial charge >= 0.3 is 11.8 Å². The van der Waals surface area contributed by atoms with Crippen molar-refractivity contribution in [2.45, 2.75) is 32.7 Å². The van der Waals surface area contributed by atoms with Crippen molar-refractivity contribution >= 4 is 17.7 Å². The van der Waals surface area contributed by atoms with E-state index in [2.05, 4.69) is 4.98 Å². The first-order valence-electron chi connectivity index (χ1n) is 7.53. The first-order chi connectivity index (χ1) is 10.8. The van der Waals surface area contributed by atoms with Crippen LogP contribution in [0.5, 0.6) is 0 Å². The molecule has 0 radical (unpaired) electrons. The fraction of sp³-hybridized carbons (Fsp3) is 0.643. The highest BCUT2D eigenvalue weighted by atomic mass is 16.6. The van der Waals surface area contributed by atoms with Gasteiger partial charge in [-0.05, 0) is 28.7 Å². The van der Waals surface area contributed by atoms with Gasteiger partial charge in [0, 0.05) is 20.0 Å². The minimum atomic E-state index is -0.829. The van der Waals surface area contributed by atoms with Crippen LogP contribution in [0.4, 0.5) is 5.82 Å². The molecule has 23 heavy (non-hydrogen) atoms. The molecule has 2 heterocycles. The van der Waals surface area contributed by atoms with Crippen LogP contribution in [0.2, 0.25) is 0 Å². The second kappa shape index (κ2) is 5.32. The number of carboxylic acids is 1. The van der Waals surface area contributed by atoms with Gasteiger partial charge in [0.05, 0.1) is 5.41 Å². The van der Waals surface area contributed by atoms with Gasteiger partial charge in [0.2, 0.25) is 11.7 Å². The van der Waals surface area contributed by atoms with Gasteiger partial charge in [0.1, 0.15) is 12.7 Å². The predicted octanol–water partition coefficient (Wildman–Crippen LogP) is 0.813. The number of aryl methyl sites for hydroxylation is 1. The maximum absolute atomic E-state index is 12.5. The van der Waals surface area contributed by atoms with Gasteiger partial charge in [-0.25, -0.2) is 0 Å². The molecule has 1 amide bonds. The van der Waals surface area contributed by atoms with E-state index >= 15 is 0 Å². The molecule has 1 aliphatic carbocycles. The molecule has 1 saturated carbocycles. The monoisotopic (exact) mass is 322 g/mol. The SMILES string of the molecule is Cc1nc([N+](=O)[O-])cn1CC(=O)N1C[C@@H]2CCC[C@@]2(C(=O)O)C1. The number of carbonyl (C=O) groups is 2. The Hall–Kier alpha value is -2.45. The van der Waals surface area contributed by atoms with Gasteiger partial charge in [0.15, 0.2) is 0 Å². The van der Waals surface area contributed by atoms with Crippen LogP contribution in [0.1, 0.15) is 25.1 Å². The lowest BCUT2D eigenvalue weighted by Gasteiger charge is -2.23. The second-order valence-corrected chi connectivity index (χ2v) is 6.36. The van der Waals surface area contributed by atoms with Crippen molar-refractivity contribution in [3.8, 4) is 0 Å². The number of likely N-dealkylation sites (tertiary alicyclic amines) is 1. The molecule has 2 fully saturated rings. The number of carbonyl (C=O) groups excluding carboxylic acids is 1. The molecule has 2 atom stereocenters. The van der Waals surface area contributed by atoms with Crippen molar-refractivity contribution in [1.29, 1.82) is 0 Å². The van der Waals surface area contributed by atoms with Crippen molar-refractivity contribution in [2.75, 3.05) is 13.1 Å². The van der Waals surface area contributed by atoms with E-state index in [9.17, 15) is 24.8 Å². The standard InChI is InChI=1S/C14H18N4O5/c1-9-15-11(18(22)23)6-16(9)7-12(19)17-5-10-3-2-4-14(10,8-17)13(20)21/h6,10H,2-5,7-8H2,1H3,(H,20,21)/t10-,14+/m0/s1. The summed E-state index contributed by atoms with van der Waals surface area (Å²) >= 11 is 0. The van der Waals surface area contributed by atoms with Crippen LogP contribution >= 0.6 is 0 Å². The summed E-state index contributed by atoms with van der Waals surface area (Å²) in [6, 6.07) is 0. The number of nitro groups is 1. The molecular formula is C14H18N4O5. The predicted molar refractivity (Wildman–Crippen MR) is 77.6 cm³/mol. The molecule has 1 N–H and O–H groups in total. The molecule has 9 nitrogen and oxygen atoms in total. The van der Waals surface area contributed by atoms with Crippen LogP contribution < -0.4 is 0 Å². The normalized spacial score (nSPS) is 26.3. The zero-order valence-corrected chi connectivity index (χ0v) is 12.8. The van der Waals surface area contributed by atoms with E-state index < -0.39 is 16.3 Å². The summed E-state index contributed by atoms with van der Waals surface area (Å²) in [5.41, 5.74) is -0.814. The van der Waals surface area contributed by atoms with Gasteiger partial charge in [-0.3, -0.25) is 14.2 Å². The van der Waals surface area contributed by atoms with Crippen LogP contribution in [0.15, 0.2) is 6.20 Å². The topological polar surface area (TPSA) is 119 Å². The Balaban J connectivity index is 1.73. The van der Waals surface area contributed by atoms with Crippen molar-refractivity contribution in [3.63, 3.8) is 0 Å². The van der Waals surface area contributed by atoms with E-state index in [-0.39, 0.29) is 30.7 Å². The zero-order valence-electron chi connectivity index (χ0n) is 12.8. The first-order valence-corrected chi connectivity index (χ1v) is 7.53. The average Bonchev–Trinajstić information content (AvgIpc) is 3.11. The average molecular weight is 322 g/mol. The van der Waals surface area contributed by atoms with Crippen LogP contribution in [0.3, 0.4) is 0 Å². The highest BCUT2D eigenvalue weighted by Gasteiger charge is 2.55. The summed E-state index contributed by atoms with van der Waals surface area (Å²) in [5, 5.41) is 20.3. The molecule has 1 aromatic rings. The minimum absolute atomic E-state index is 0.00201. The summed E-state index contributed by atoms with van der Waals surface area (Å²) in [5.74, 6) is -0.963. The molecule has 0 bridgehead atoms. The number of amides is 1. The highest BCUT2D eigenvalue weighted by molar-refractivity contribution is 5.81. The first kappa shape index (κ1) is 15.4. The van der Waals surface area contributed by atoms with Gasteiger partial charge in [-0.2, -0.15) is 0 Å². The van der Waals surface area contributed by atoms with E-state index in [1.165, 1.54) is 10.8 Å². The molecule has 1 saturated heterocycles. The van der Waals surface area contributed by atoms with Gasteiger partial charge in [0.25, 0.3) is 0 Å². The maximum atomic E-state index is 12.5. The second-order valence-electron chi connectivity index (χ2n) is 6.36. The van der Waals surface area contributed by atoms with E-state index in [1.807, 2.05) is 0 Å². The number of hydrogen-bond donors (Lipinski definition) is 1. The molecular weight excluding hydrogens is 304 g/mol. The fourth-order valence-electron chi connectivity index (χ4n) is 3.81. The molecule has 3 rings (SSSR count). The molecule has 1 aliphatic heterocycles. The Morgan fingerprint density at radius 2 is 2.30 bits per heavy atom. The van der Waals surface area contributed by atoms with Crippen LogP contribution in [-0.2, 0) is 16.1 Å². The quantitative estimate of drug-likeness (QED) is 0.647. The third-order valence-electron chi connectivity index (χ3n) is 5.11. The minimum Gasteiger partial charge on any atom is -0.481 e. The summed E-state index contributed by atoms with van der Waals surface area (Å²) < 4.78 is 1.43. The Morgan fingerprint density at radius 1 is 1.57 bits per heavy atom. The van der Waals surface area contributed by atoms with Crippen LogP contribution in [0.25, 0.3) is 0 Å². The molecule has 124 valence electrons. The lowest BCUT2D eigenvalue weighted by molar-refractivity contribution is -0.389. The number of fused-ring (bicyclic) bond motifs is 1. The van der Waals surface area contributed by atoms with E-state index in [0.717, 1.165) is 12.8 Å². The molecule has 1 aromatic heterocycles. The lowest BCUT2D eigenvalue weighted by atomic mass is 9.81. The van der Waals surface area contributed by atoms with Crippen molar-refractivity contribution < 1.29 is 19.6 Å². The van der Waals surface area contributed by atoms with Crippen LogP contribution in [-0.4, -0.2) is 49.4 Å². The molecule has 0 spiro atoms. The Bertz CT molecular complexity index is 685. The summed E-state index contributed by atoms with van der Waals surface area (Å²) in [4.78, 5) is 39.6. The van der Waals surface area contributed by atoms with Crippen molar-refractivity contribution in [3.05, 3.63) is 22.1 Å². The van der Waals surface area contributed by atoms with E-state index in [0.29, 0.717) is 18.8 Å². The van der Waals surface area contributed by atoms with Gasteiger partial charge in [-0.1, -0.05) is 6.42 Å². The summed E-state index contributed by atoms with van der Waals surface area (Å²) in [6.07, 6.45) is 3.54. The van der Waals surface area contributed by atoms with Crippen molar-refractivity contribution in [2.24, 2.45) is 11.3 Å². The highest BCUT2D eigenvalue weighted by Crippen LogP contribution is 2.48. The molecule has 2 aliphatic rings. The number of aromatic nitrogens is 2. The number of rotatable bonds is 4. The Labute approximate surface area is 132 Å². The number of hydrogen-bond acceptors (Lipinski definition) is 5. The fourth-order valence-corrected chi connectivity index (χ4v) is 3.81. The third kappa shape index (κ3) is 2.45. The van der Waals surface area contributed by atoms with E-state index in [4.69, 9.17) is 0 Å². The number of nitrogens with zero attached hydrogens (tertiary/aromatic N) is 4. The summed E-state index contributed by atoms with van der Waals surface area (Å²) in [7, 11) is 0. The van der Waals surface area contributed by atoms with Gasteiger partial charge < -0.3 is 20.1 Å². The number of aliphatic carboxylic acids is 1. The molecule has 0 unspecified atom stereocenters. The number of imidazole rings is 1. The summed E-state index contributed by atoms with van der Waals surface area (Å²) in [6.45, 7) is 2.20. The zero-order chi connectivity index (χ0) is 16.8. The van der Waals surface area contributed by atoms with Crippen molar-refractivity contribution in [1.82, 2.24) is 14.5 Å². The number of carboxylic acid groups (broad SMARTS) is 1.